The van der Waals surface area contributed by atoms with E-state index in [0.29, 0.717) is 40.7 Å². The van der Waals surface area contributed by atoms with E-state index >= 15 is 0 Å². The number of unbranched alkanes of at least 4 members (excludes halogenated alkanes) is 2. The zero-order chi connectivity index (χ0) is 62.0. The van der Waals surface area contributed by atoms with E-state index in [4.69, 9.17) is 19.9 Å². The average Bonchev–Trinajstić information content (AvgIpc) is 1.56. The van der Waals surface area contributed by atoms with Crippen molar-refractivity contribution < 1.29 is 92.1 Å². The monoisotopic (exact) mass is 1330 g/mol. The number of nitrogens with two attached hydrogens (primary N) is 1. The molecule has 37 heteroatoms. The third kappa shape index (κ3) is 13.5. The normalized spacial score (nSPS) is 21.2. The van der Waals surface area contributed by atoms with Gasteiger partial charge in [-0.1, -0.05) is 12.5 Å². The van der Waals surface area contributed by atoms with Gasteiger partial charge in [-0.25, -0.2) is 40.9 Å². The molecule has 0 radical (unpaired) electrons. The molecule has 0 aliphatic carbocycles. The fourth-order valence-corrected chi connectivity index (χ4v) is 17.9. The molecule has 5 aromatic rings. The summed E-state index contributed by atoms with van der Waals surface area (Å²) >= 11 is 4.07. The molecule has 31 nitrogen and oxygen atoms in total. The van der Waals surface area contributed by atoms with E-state index < -0.39 is 96.1 Å². The van der Waals surface area contributed by atoms with Crippen molar-refractivity contribution in [2.45, 2.75) is 111 Å². The van der Waals surface area contributed by atoms with Crippen molar-refractivity contribution >= 4 is 94.7 Å². The lowest BCUT2D eigenvalue weighted by Crippen LogP contribution is -2.45. The van der Waals surface area contributed by atoms with E-state index in [-0.39, 0.29) is 60.0 Å². The molecule has 6 atom stereocenters. The Bertz CT molecular complexity index is 4220. The highest BCUT2D eigenvalue weighted by atomic mass is 32.5. The van der Waals surface area contributed by atoms with Gasteiger partial charge < -0.3 is 60.2 Å². The number of nitrogens with one attached hydrogen (secondary N) is 4. The van der Waals surface area contributed by atoms with Gasteiger partial charge in [0.05, 0.1) is 23.4 Å². The van der Waals surface area contributed by atoms with Crippen molar-refractivity contribution in [3.63, 3.8) is 0 Å². The van der Waals surface area contributed by atoms with Crippen LogP contribution in [-0.4, -0.2) is 148 Å². The molecular formula is C50H62N10O21P3S3+. The number of carbonyl (C=O) groups excluding carboxylic acids is 2. The Kier molecular flexibility index (Phi) is 17.8. The standard InChI is InChI=1S/C50H61N10O21P3S3/c51-49-56-46-39(47(63)57-49)54-26-60(46)48-45(42(62)35(77-48)25-76-82(65,66)80-83(67,68)81-84(69,70)85)79-50(64)53-17-16-52-37(61)12-2-1-3-15-55-86(71,72)29-13-14-30(36(24-29)87(73,74)75)38-33-22-27-8-4-18-58-20-6-10-31(40(27)58)43(33)78-44-32-11-7-21-59-19-5-9-28(41(32)59)23-34(38)44/h13-14,22-24,26,35,42,45,48,55,62H,1-12,15-21,25H2,(H9-,51,52,53,56,57,61,63,64,65,66,67,68,69,70,73,74,75,85)/p+1/t35-,42-,45-,48-/m1/s1. The second kappa shape index (κ2) is 24.6. The van der Waals surface area contributed by atoms with Gasteiger partial charge in [-0.3, -0.25) is 28.2 Å². The van der Waals surface area contributed by atoms with Crippen molar-refractivity contribution in [1.29, 1.82) is 0 Å². The number of phosphoric acid groups is 2. The molecule has 0 spiro atoms. The number of amides is 2. The smallest absolute Gasteiger partial charge is 0.455 e. The summed E-state index contributed by atoms with van der Waals surface area (Å²) in [6.45, 7) is -2.73. The van der Waals surface area contributed by atoms with Crippen molar-refractivity contribution in [2.24, 2.45) is 0 Å². The van der Waals surface area contributed by atoms with E-state index in [1.807, 2.05) is 0 Å². The molecule has 0 saturated carbocycles. The van der Waals surface area contributed by atoms with Crippen LogP contribution in [-0.2, 0) is 94.2 Å². The number of alkyl carbamates (subject to hydrolysis) is 1. The van der Waals surface area contributed by atoms with Crippen molar-refractivity contribution in [3.8, 4) is 11.5 Å². The number of hydrogen-bond donors (Lipinski definition) is 11. The molecular weight excluding hydrogens is 1270 g/mol. The van der Waals surface area contributed by atoms with Crippen molar-refractivity contribution in [2.75, 3.05) is 63.1 Å². The fraction of sp³-hybridized carbons (Fsp3) is 0.480. The van der Waals surface area contributed by atoms with Crippen LogP contribution in [0.25, 0.3) is 16.7 Å². The number of rotatable bonds is 22. The van der Waals surface area contributed by atoms with E-state index in [2.05, 4.69) is 76.9 Å². The minimum Gasteiger partial charge on any atom is -0.455 e. The number of aromatic nitrogens is 4. The molecule has 12 N–H and O–H groups in total. The molecule has 6 aliphatic heterocycles. The summed E-state index contributed by atoms with van der Waals surface area (Å²) in [5.74, 6) is 0.530. The number of benzene rings is 3. The molecule has 87 heavy (non-hydrogen) atoms. The first kappa shape index (κ1) is 63.0. The summed E-state index contributed by atoms with van der Waals surface area (Å²) in [5, 5.41) is 18.1. The summed E-state index contributed by atoms with van der Waals surface area (Å²) in [6, 6.07) is 7.95. The predicted octanol–water partition coefficient (Wildman–Crippen LogP) is 0.852. The van der Waals surface area contributed by atoms with Gasteiger partial charge in [0, 0.05) is 90.7 Å². The summed E-state index contributed by atoms with van der Waals surface area (Å²) in [6.07, 6.45) is 0.773. The van der Waals surface area contributed by atoms with Gasteiger partial charge in [-0.05, 0) is 93.0 Å². The molecule has 470 valence electrons. The number of anilines is 2. The topological polar surface area (TPSA) is 445 Å². The third-order valence-electron chi connectivity index (χ3n) is 15.7. The Morgan fingerprint density at radius 2 is 1.60 bits per heavy atom. The highest BCUT2D eigenvalue weighted by molar-refractivity contribution is 8.08. The van der Waals surface area contributed by atoms with E-state index in [0.717, 1.165) is 117 Å². The van der Waals surface area contributed by atoms with Crippen LogP contribution < -0.4 is 51.4 Å². The zero-order valence-corrected chi connectivity index (χ0v) is 51.2. The predicted molar refractivity (Wildman–Crippen MR) is 310 cm³/mol. The highest BCUT2D eigenvalue weighted by Crippen LogP contribution is 2.66. The Morgan fingerprint density at radius 3 is 2.36 bits per heavy atom. The number of ether oxygens (including phenoxy) is 3. The molecule has 1 saturated heterocycles. The number of aryl methyl sites for hydroxylation is 2. The molecule has 11 rings (SSSR count). The highest BCUT2D eigenvalue weighted by Gasteiger charge is 2.50. The van der Waals surface area contributed by atoms with Gasteiger partial charge in [0.15, 0.2) is 23.5 Å². The first-order valence-corrected chi connectivity index (χ1v) is 36.3. The summed E-state index contributed by atoms with van der Waals surface area (Å²) in [7, 11) is -20.7. The molecule has 0 bridgehead atoms. The fourth-order valence-electron chi connectivity index (χ4n) is 12.2. The number of aliphatic hydroxyl groups excluding tert-OH is 1. The maximum absolute atomic E-state index is 13.9. The minimum absolute atomic E-state index is 0.00226. The van der Waals surface area contributed by atoms with Crippen LogP contribution in [0.1, 0.15) is 91.0 Å². The van der Waals surface area contributed by atoms with Crippen LogP contribution >= 0.6 is 22.4 Å². The molecule has 6 aliphatic rings. The maximum atomic E-state index is 13.9. The van der Waals surface area contributed by atoms with Gasteiger partial charge in [-0.15, -0.1) is 0 Å². The van der Waals surface area contributed by atoms with Crippen LogP contribution in [0.4, 0.5) is 16.4 Å². The lowest BCUT2D eigenvalue weighted by molar-refractivity contribution is -0.121. The van der Waals surface area contributed by atoms with E-state index in [9.17, 15) is 69.6 Å². The number of carbonyl (C=O) groups is 2. The van der Waals surface area contributed by atoms with Crippen LogP contribution in [0.15, 0.2) is 51.2 Å². The first-order valence-electron chi connectivity index (χ1n) is 27.8. The van der Waals surface area contributed by atoms with E-state index in [1.54, 1.807) is 0 Å². The molecule has 8 heterocycles. The number of nitrogens with zero attached hydrogens (tertiary/aromatic N) is 5. The summed E-state index contributed by atoms with van der Waals surface area (Å²) in [5.41, 5.74) is 11.4. The second-order valence-electron chi connectivity index (χ2n) is 21.6. The lowest BCUT2D eigenvalue weighted by Gasteiger charge is -2.39. The number of imidazole rings is 1. The molecule has 3 aromatic carbocycles. The summed E-state index contributed by atoms with van der Waals surface area (Å²) in [4.78, 5) is 88.1. The number of aromatic amines is 1. The Hall–Kier alpha value is -5.61. The Balaban J connectivity index is 0.701. The Morgan fingerprint density at radius 1 is 0.874 bits per heavy atom. The maximum Gasteiger partial charge on any atom is 0.488 e. The minimum atomic E-state index is -5.71. The van der Waals surface area contributed by atoms with Gasteiger partial charge >= 0.3 is 28.5 Å². The van der Waals surface area contributed by atoms with Gasteiger partial charge in [0.2, 0.25) is 27.2 Å². The number of fused-ring (bicyclic) bond motifs is 5. The zero-order valence-electron chi connectivity index (χ0n) is 46.1. The number of hydrogen-bond acceptors (Lipinski definition) is 21. The number of aliphatic hydroxyl groups is 1. The quantitative estimate of drug-likeness (QED) is 0.0194. The molecule has 2 unspecified atom stereocenters. The van der Waals surface area contributed by atoms with Gasteiger partial charge in [0.25, 0.3) is 15.7 Å². The average molecular weight is 1330 g/mol. The first-order chi connectivity index (χ1) is 41.1. The van der Waals surface area contributed by atoms with Crippen LogP contribution in [0.5, 0.6) is 11.5 Å². The number of H-pyrrole nitrogens is 1. The second-order valence-corrected chi connectivity index (χ2v) is 30.6. The largest absolute Gasteiger partial charge is 0.488 e. The summed E-state index contributed by atoms with van der Waals surface area (Å²) < 4.78 is 127. The lowest BCUT2D eigenvalue weighted by atomic mass is 9.82. The molecule has 2 aromatic heterocycles. The Labute approximate surface area is 500 Å². The number of nitrogen functional groups attached to an aromatic ring is 1. The third-order valence-corrected chi connectivity index (χ3v) is 22.4. The van der Waals surface area contributed by atoms with E-state index in [1.165, 1.54) is 23.2 Å². The molecule has 2 amide bonds. The van der Waals surface area contributed by atoms with Crippen molar-refractivity contribution in [1.82, 2.24) is 39.5 Å². The molecule has 1 fully saturated rings. The number of sulfonamides is 1. The SMILES string of the molecule is Nc1nc2c(ncn2[C@@H]2O[C@H](COP(=O)(O)OP(=O)(O)OP(O)(O)=S)[C@@H](O)[C@H]2OC(=O)NCCNC(=O)CCCCCNS(=O)(=O)c2ccc(C3=c4cc5c6c(c4Oc4c3cc3c7c4CCCN7CCC3)CCC[N+]=6CCC5)c(S(=O)(=O)O)c2)c(=O)[nH]1. The van der Waals surface area contributed by atoms with Crippen molar-refractivity contribution in [3.05, 3.63) is 91.0 Å². The van der Waals surface area contributed by atoms with Crippen LogP contribution in [0.3, 0.4) is 0 Å². The van der Waals surface area contributed by atoms with Gasteiger partial charge in [-0.2, -0.15) is 17.7 Å². The van der Waals surface area contributed by atoms with Crippen LogP contribution in [0.2, 0.25) is 0 Å². The van der Waals surface area contributed by atoms with Crippen LogP contribution in [0, 0.1) is 0 Å². The van der Waals surface area contributed by atoms with Gasteiger partial charge in [0.1, 0.15) is 41.7 Å². The number of phosphoric ester groups is 1.